The number of halogens is 1. The highest BCUT2D eigenvalue weighted by atomic mass is 79.9. The second kappa shape index (κ2) is 5.52. The highest BCUT2D eigenvalue weighted by Gasteiger charge is 2.22. The van der Waals surface area contributed by atoms with Crippen molar-refractivity contribution in [2.75, 3.05) is 6.61 Å². The van der Waals surface area contributed by atoms with Crippen LogP contribution >= 0.6 is 15.9 Å². The average molecular weight is 325 g/mol. The van der Waals surface area contributed by atoms with Crippen LogP contribution in [-0.2, 0) is 21.9 Å². The summed E-state index contributed by atoms with van der Waals surface area (Å²) in [6.07, 6.45) is 1.86. The summed E-state index contributed by atoms with van der Waals surface area (Å²) in [6, 6.07) is 3.42. The predicted molar refractivity (Wildman–Crippen MR) is 74.3 cm³/mol. The molecule has 6 heteroatoms. The van der Waals surface area contributed by atoms with Crippen molar-refractivity contribution in [3.8, 4) is 0 Å². The molecule has 2 aromatic rings. The largest absolute Gasteiger partial charge is 0.460 e. The normalized spacial score (nSPS) is 10.7. The molecule has 1 heterocycles. The molecule has 1 aromatic carbocycles. The standard InChI is InChI=1S/C13H13BrN2O3/c1-3-19-13(18)12(17)9-5-4-8-7-16(2)15-11(8)10(9)6-14/h4-5,7H,3,6H2,1-2H3. The minimum atomic E-state index is -0.833. The van der Waals surface area contributed by atoms with Crippen LogP contribution in [0, 0.1) is 0 Å². The van der Waals surface area contributed by atoms with Crippen LogP contribution < -0.4 is 0 Å². The predicted octanol–water partition coefficient (Wildman–Crippen LogP) is 2.21. The van der Waals surface area contributed by atoms with Crippen LogP contribution in [0.4, 0.5) is 0 Å². The first kappa shape index (κ1) is 13.7. The molecule has 0 saturated carbocycles. The molecule has 100 valence electrons. The molecule has 0 saturated heterocycles. The summed E-state index contributed by atoms with van der Waals surface area (Å²) in [5.74, 6) is -1.47. The number of hydrogen-bond donors (Lipinski definition) is 0. The van der Waals surface area contributed by atoms with Gasteiger partial charge >= 0.3 is 5.97 Å². The van der Waals surface area contributed by atoms with Gasteiger partial charge in [-0.1, -0.05) is 22.0 Å². The molecule has 0 spiro atoms. The minimum absolute atomic E-state index is 0.181. The lowest BCUT2D eigenvalue weighted by Gasteiger charge is -2.06. The van der Waals surface area contributed by atoms with E-state index < -0.39 is 11.8 Å². The SMILES string of the molecule is CCOC(=O)C(=O)c1ccc2cn(C)nc2c1CBr. The topological polar surface area (TPSA) is 61.2 Å². The van der Waals surface area contributed by atoms with E-state index in [9.17, 15) is 9.59 Å². The molecule has 0 bridgehead atoms. The fraction of sp³-hybridized carbons (Fsp3) is 0.308. The quantitative estimate of drug-likeness (QED) is 0.374. The number of hydrogen-bond acceptors (Lipinski definition) is 4. The summed E-state index contributed by atoms with van der Waals surface area (Å²) in [7, 11) is 1.81. The maximum atomic E-state index is 12.0. The minimum Gasteiger partial charge on any atom is -0.460 e. The molecular weight excluding hydrogens is 312 g/mol. The van der Waals surface area contributed by atoms with E-state index in [0.29, 0.717) is 16.5 Å². The fourth-order valence-corrected chi connectivity index (χ4v) is 2.49. The highest BCUT2D eigenvalue weighted by molar-refractivity contribution is 9.08. The molecule has 0 unspecified atom stereocenters. The number of ketones is 1. The first-order valence-corrected chi connectivity index (χ1v) is 6.93. The van der Waals surface area contributed by atoms with E-state index in [1.165, 1.54) is 0 Å². The smallest absolute Gasteiger partial charge is 0.379 e. The van der Waals surface area contributed by atoms with E-state index in [2.05, 4.69) is 21.0 Å². The van der Waals surface area contributed by atoms with Gasteiger partial charge in [-0.05, 0) is 13.0 Å². The number of Topliss-reactive ketones (excluding diaryl/α,β-unsaturated/α-hetero) is 1. The van der Waals surface area contributed by atoms with Gasteiger partial charge in [-0.25, -0.2) is 4.79 Å². The van der Waals surface area contributed by atoms with Crippen LogP contribution in [-0.4, -0.2) is 28.1 Å². The van der Waals surface area contributed by atoms with Crippen LogP contribution in [0.15, 0.2) is 18.3 Å². The molecule has 2 rings (SSSR count). The monoisotopic (exact) mass is 324 g/mol. The van der Waals surface area contributed by atoms with E-state index in [1.54, 1.807) is 23.7 Å². The molecule has 0 atom stereocenters. The van der Waals surface area contributed by atoms with Gasteiger partial charge in [-0.15, -0.1) is 0 Å². The highest BCUT2D eigenvalue weighted by Crippen LogP contribution is 2.24. The van der Waals surface area contributed by atoms with Gasteiger partial charge in [0.15, 0.2) is 0 Å². The lowest BCUT2D eigenvalue weighted by molar-refractivity contribution is -0.137. The molecule has 0 N–H and O–H groups in total. The zero-order valence-corrected chi connectivity index (χ0v) is 12.2. The van der Waals surface area contributed by atoms with Gasteiger partial charge in [-0.3, -0.25) is 9.48 Å². The van der Waals surface area contributed by atoms with Gasteiger partial charge in [0.25, 0.3) is 5.78 Å². The Morgan fingerprint density at radius 2 is 2.16 bits per heavy atom. The van der Waals surface area contributed by atoms with Gasteiger partial charge in [0.05, 0.1) is 12.1 Å². The number of carbonyl (C=O) groups excluding carboxylic acids is 2. The van der Waals surface area contributed by atoms with Crippen molar-refractivity contribution in [3.63, 3.8) is 0 Å². The summed E-state index contributed by atoms with van der Waals surface area (Å²) in [5.41, 5.74) is 1.76. The Bertz CT molecular complexity index is 649. The van der Waals surface area contributed by atoms with Crippen LogP contribution in [0.2, 0.25) is 0 Å². The van der Waals surface area contributed by atoms with E-state index >= 15 is 0 Å². The average Bonchev–Trinajstić information content (AvgIpc) is 2.77. The fourth-order valence-electron chi connectivity index (χ4n) is 1.92. The first-order chi connectivity index (χ1) is 9.08. The number of aryl methyl sites for hydroxylation is 1. The number of rotatable bonds is 4. The molecule has 0 amide bonds. The molecule has 0 aliphatic heterocycles. The molecule has 5 nitrogen and oxygen atoms in total. The number of fused-ring (bicyclic) bond motifs is 1. The van der Waals surface area contributed by atoms with E-state index in [-0.39, 0.29) is 6.61 Å². The summed E-state index contributed by atoms with van der Waals surface area (Å²) in [4.78, 5) is 23.6. The maximum absolute atomic E-state index is 12.0. The van der Waals surface area contributed by atoms with Gasteiger partial charge in [0.1, 0.15) is 0 Å². The van der Waals surface area contributed by atoms with Gasteiger partial charge in [-0.2, -0.15) is 5.10 Å². The number of alkyl halides is 1. The first-order valence-electron chi connectivity index (χ1n) is 5.81. The third kappa shape index (κ3) is 2.53. The zero-order valence-electron chi connectivity index (χ0n) is 10.6. The lowest BCUT2D eigenvalue weighted by Crippen LogP contribution is -2.19. The number of benzene rings is 1. The molecule has 0 aliphatic rings. The van der Waals surface area contributed by atoms with Crippen molar-refractivity contribution in [1.29, 1.82) is 0 Å². The second-order valence-corrected chi connectivity index (χ2v) is 4.58. The van der Waals surface area contributed by atoms with Crippen molar-refractivity contribution in [1.82, 2.24) is 9.78 Å². The van der Waals surface area contributed by atoms with Crippen LogP contribution in [0.1, 0.15) is 22.8 Å². The van der Waals surface area contributed by atoms with E-state index in [4.69, 9.17) is 4.74 Å². The molecule has 1 aromatic heterocycles. The van der Waals surface area contributed by atoms with Crippen LogP contribution in [0.3, 0.4) is 0 Å². The summed E-state index contributed by atoms with van der Waals surface area (Å²) < 4.78 is 6.42. The molecule has 19 heavy (non-hydrogen) atoms. The zero-order chi connectivity index (χ0) is 14.0. The van der Waals surface area contributed by atoms with E-state index in [0.717, 1.165) is 10.9 Å². The number of ether oxygens (including phenoxy) is 1. The van der Waals surface area contributed by atoms with Crippen molar-refractivity contribution in [3.05, 3.63) is 29.5 Å². The Morgan fingerprint density at radius 3 is 2.79 bits per heavy atom. The third-order valence-electron chi connectivity index (χ3n) is 2.74. The van der Waals surface area contributed by atoms with Crippen molar-refractivity contribution >= 4 is 38.6 Å². The third-order valence-corrected chi connectivity index (χ3v) is 3.30. The Kier molecular flexibility index (Phi) is 3.99. The molecule has 0 radical (unpaired) electrons. The summed E-state index contributed by atoms with van der Waals surface area (Å²) in [6.45, 7) is 1.85. The Hall–Kier alpha value is -1.69. The van der Waals surface area contributed by atoms with E-state index in [1.807, 2.05) is 13.2 Å². The lowest BCUT2D eigenvalue weighted by atomic mass is 10.0. The van der Waals surface area contributed by atoms with Crippen molar-refractivity contribution in [2.45, 2.75) is 12.3 Å². The number of aromatic nitrogens is 2. The second-order valence-electron chi connectivity index (χ2n) is 4.02. The van der Waals surface area contributed by atoms with Crippen LogP contribution in [0.5, 0.6) is 0 Å². The number of carbonyl (C=O) groups is 2. The number of esters is 1. The summed E-state index contributed by atoms with van der Waals surface area (Å²) >= 11 is 3.34. The molecule has 0 fully saturated rings. The van der Waals surface area contributed by atoms with Gasteiger partial charge in [0, 0.05) is 35.1 Å². The maximum Gasteiger partial charge on any atom is 0.379 e. The van der Waals surface area contributed by atoms with Crippen molar-refractivity contribution < 1.29 is 14.3 Å². The Balaban J connectivity index is 2.54. The van der Waals surface area contributed by atoms with Crippen LogP contribution in [0.25, 0.3) is 10.9 Å². The molecule has 0 aliphatic carbocycles. The van der Waals surface area contributed by atoms with Gasteiger partial charge in [0.2, 0.25) is 0 Å². The Labute approximate surface area is 118 Å². The Morgan fingerprint density at radius 1 is 1.42 bits per heavy atom. The molecular formula is C13H13BrN2O3. The van der Waals surface area contributed by atoms with Gasteiger partial charge < -0.3 is 4.74 Å². The van der Waals surface area contributed by atoms with Crippen molar-refractivity contribution in [2.24, 2.45) is 7.05 Å². The number of nitrogens with zero attached hydrogens (tertiary/aromatic N) is 2. The summed E-state index contributed by atoms with van der Waals surface area (Å²) in [5, 5.41) is 5.69.